The Hall–Kier alpha value is -3.28. The molecule has 2 heterocycles. The Morgan fingerprint density at radius 1 is 1.00 bits per heavy atom. The maximum atomic E-state index is 13.1. The largest absolute Gasteiger partial charge is 0.508 e. The molecule has 0 spiro atoms. The summed E-state index contributed by atoms with van der Waals surface area (Å²) in [6, 6.07) is 20.1. The zero-order chi connectivity index (χ0) is 23.7. The van der Waals surface area contributed by atoms with Crippen molar-refractivity contribution >= 4 is 22.6 Å². The number of rotatable bonds is 5. The predicted molar refractivity (Wildman–Crippen MR) is 136 cm³/mol. The summed E-state index contributed by atoms with van der Waals surface area (Å²) < 4.78 is 11.8. The summed E-state index contributed by atoms with van der Waals surface area (Å²) in [5.74, 6) is 0.816. The average Bonchev–Trinajstić information content (AvgIpc) is 2.85. The molecule has 0 amide bonds. The van der Waals surface area contributed by atoms with Gasteiger partial charge in [0.2, 0.25) is 0 Å². The van der Waals surface area contributed by atoms with E-state index in [1.165, 1.54) is 18.9 Å². The van der Waals surface area contributed by atoms with Crippen LogP contribution >= 0.6 is 11.6 Å². The van der Waals surface area contributed by atoms with E-state index in [1.807, 2.05) is 24.3 Å². The van der Waals surface area contributed by atoms with Crippen molar-refractivity contribution in [1.29, 1.82) is 0 Å². The summed E-state index contributed by atoms with van der Waals surface area (Å²) in [5.41, 5.74) is 2.60. The van der Waals surface area contributed by atoms with Gasteiger partial charge >= 0.3 is 5.63 Å². The third kappa shape index (κ3) is 4.54. The Kier molecular flexibility index (Phi) is 6.31. The zero-order valence-electron chi connectivity index (χ0n) is 18.9. The molecule has 174 valence electrons. The van der Waals surface area contributed by atoms with Crippen LogP contribution in [0.4, 0.5) is 0 Å². The van der Waals surface area contributed by atoms with Crippen LogP contribution in [-0.4, -0.2) is 23.8 Å². The van der Waals surface area contributed by atoms with Gasteiger partial charge in [0.15, 0.2) is 0 Å². The highest BCUT2D eigenvalue weighted by Crippen LogP contribution is 2.38. The van der Waals surface area contributed by atoms with Gasteiger partial charge in [-0.2, -0.15) is 0 Å². The quantitative estimate of drug-likeness (QED) is 0.327. The first-order chi connectivity index (χ1) is 16.5. The van der Waals surface area contributed by atoms with Crippen LogP contribution in [0.15, 0.2) is 75.9 Å². The van der Waals surface area contributed by atoms with Gasteiger partial charge in [-0.15, -0.1) is 0 Å². The molecule has 0 radical (unpaired) electrons. The van der Waals surface area contributed by atoms with E-state index < -0.39 is 5.63 Å². The van der Waals surface area contributed by atoms with Gasteiger partial charge in [-0.05, 0) is 73.8 Å². The van der Waals surface area contributed by atoms with Crippen LogP contribution in [0.2, 0.25) is 5.02 Å². The van der Waals surface area contributed by atoms with E-state index in [0.717, 1.165) is 35.2 Å². The summed E-state index contributed by atoms with van der Waals surface area (Å²) in [6.07, 6.45) is 3.60. The Balaban J connectivity index is 1.57. The second-order valence-electron chi connectivity index (χ2n) is 8.73. The number of piperidine rings is 1. The van der Waals surface area contributed by atoms with Crippen LogP contribution in [0, 0.1) is 0 Å². The normalized spacial score (nSPS) is 16.9. The van der Waals surface area contributed by atoms with Gasteiger partial charge in [0.05, 0.1) is 5.56 Å². The van der Waals surface area contributed by atoms with E-state index in [-0.39, 0.29) is 11.9 Å². The van der Waals surface area contributed by atoms with Crippen molar-refractivity contribution in [2.75, 3.05) is 6.54 Å². The lowest BCUT2D eigenvalue weighted by Crippen LogP contribution is -2.44. The Morgan fingerprint density at radius 3 is 2.41 bits per heavy atom. The minimum absolute atomic E-state index is 0.0369. The minimum atomic E-state index is -0.479. The van der Waals surface area contributed by atoms with Crippen molar-refractivity contribution in [3.63, 3.8) is 0 Å². The van der Waals surface area contributed by atoms with Crippen molar-refractivity contribution in [2.45, 2.75) is 38.3 Å². The smallest absolute Gasteiger partial charge is 0.344 e. The van der Waals surface area contributed by atoms with Crippen LogP contribution in [0.25, 0.3) is 33.2 Å². The second kappa shape index (κ2) is 9.53. The van der Waals surface area contributed by atoms with Crippen molar-refractivity contribution in [3.05, 3.63) is 82.2 Å². The van der Waals surface area contributed by atoms with Crippen LogP contribution < -0.4 is 15.7 Å². The lowest BCUT2D eigenvalue weighted by molar-refractivity contribution is 0.152. The predicted octanol–water partition coefficient (Wildman–Crippen LogP) is 6.40. The lowest BCUT2D eigenvalue weighted by Gasteiger charge is -2.29. The molecule has 5 nitrogen and oxygen atoms in total. The minimum Gasteiger partial charge on any atom is -0.508 e. The van der Waals surface area contributed by atoms with Crippen LogP contribution in [0.1, 0.15) is 26.2 Å². The van der Waals surface area contributed by atoms with E-state index >= 15 is 0 Å². The molecule has 2 unspecified atom stereocenters. The monoisotopic (exact) mass is 475 g/mol. The fourth-order valence-electron chi connectivity index (χ4n) is 4.64. The third-order valence-corrected chi connectivity index (χ3v) is 6.66. The zero-order valence-corrected chi connectivity index (χ0v) is 19.6. The van der Waals surface area contributed by atoms with E-state index in [9.17, 15) is 9.90 Å². The molecule has 1 aliphatic heterocycles. The highest BCUT2D eigenvalue weighted by Gasteiger charge is 2.22. The molecule has 4 aromatic rings. The van der Waals surface area contributed by atoms with Crippen molar-refractivity contribution < 1.29 is 14.3 Å². The molecule has 1 aliphatic rings. The molecule has 3 aromatic carbocycles. The van der Waals surface area contributed by atoms with Gasteiger partial charge in [0, 0.05) is 28.1 Å². The standard InChI is InChI=1S/C28H26ClNO4/c1-17(24-4-2-3-15-30-24)33-22-12-7-18(8-13-22)26-23-14-11-21(31)16-25(23)34-28(32)27(26)19-5-9-20(29)10-6-19/h5-14,16-17,24,30-31H,2-4,15H2,1H3. The van der Waals surface area contributed by atoms with Gasteiger partial charge in [0.25, 0.3) is 0 Å². The van der Waals surface area contributed by atoms with E-state index in [0.29, 0.717) is 27.8 Å². The Morgan fingerprint density at radius 2 is 1.71 bits per heavy atom. The molecule has 34 heavy (non-hydrogen) atoms. The number of benzene rings is 3. The first kappa shape index (κ1) is 22.5. The van der Waals surface area contributed by atoms with Gasteiger partial charge in [-0.3, -0.25) is 0 Å². The number of nitrogens with one attached hydrogen (secondary N) is 1. The summed E-state index contributed by atoms with van der Waals surface area (Å²) in [7, 11) is 0. The van der Waals surface area contributed by atoms with E-state index in [1.54, 1.807) is 36.4 Å². The number of fused-ring (bicyclic) bond motifs is 1. The average molecular weight is 476 g/mol. The molecule has 0 aliphatic carbocycles. The number of aromatic hydroxyl groups is 1. The van der Waals surface area contributed by atoms with Crippen molar-refractivity contribution in [3.8, 4) is 33.8 Å². The van der Waals surface area contributed by atoms with Gasteiger partial charge in [-0.25, -0.2) is 4.79 Å². The van der Waals surface area contributed by atoms with E-state index in [2.05, 4.69) is 12.2 Å². The molecule has 1 aromatic heterocycles. The summed E-state index contributed by atoms with van der Waals surface area (Å²) in [4.78, 5) is 13.1. The fraction of sp³-hybridized carbons (Fsp3) is 0.250. The fourth-order valence-corrected chi connectivity index (χ4v) is 4.77. The van der Waals surface area contributed by atoms with Crippen LogP contribution in [0.3, 0.4) is 0 Å². The van der Waals surface area contributed by atoms with Crippen LogP contribution in [0.5, 0.6) is 11.5 Å². The number of hydrogen-bond acceptors (Lipinski definition) is 5. The summed E-state index contributed by atoms with van der Waals surface area (Å²) >= 11 is 6.08. The highest BCUT2D eigenvalue weighted by atomic mass is 35.5. The van der Waals surface area contributed by atoms with Gasteiger partial charge in [-0.1, -0.05) is 42.3 Å². The maximum Gasteiger partial charge on any atom is 0.344 e. The highest BCUT2D eigenvalue weighted by molar-refractivity contribution is 6.30. The Bertz CT molecular complexity index is 1360. The number of halogens is 1. The summed E-state index contributed by atoms with van der Waals surface area (Å²) in [5, 5.41) is 14.8. The second-order valence-corrected chi connectivity index (χ2v) is 9.17. The molecule has 2 N–H and O–H groups in total. The molecule has 5 rings (SSSR count). The number of hydrogen-bond donors (Lipinski definition) is 2. The molecule has 6 heteroatoms. The van der Waals surface area contributed by atoms with Crippen molar-refractivity contribution in [1.82, 2.24) is 5.32 Å². The van der Waals surface area contributed by atoms with Gasteiger partial charge < -0.3 is 19.6 Å². The molecular weight excluding hydrogens is 450 g/mol. The topological polar surface area (TPSA) is 71.7 Å². The number of ether oxygens (including phenoxy) is 1. The van der Waals surface area contributed by atoms with Gasteiger partial charge in [0.1, 0.15) is 23.2 Å². The lowest BCUT2D eigenvalue weighted by atomic mass is 9.93. The molecule has 1 saturated heterocycles. The summed E-state index contributed by atoms with van der Waals surface area (Å²) in [6.45, 7) is 3.13. The number of phenolic OH excluding ortho intramolecular Hbond substituents is 1. The molecule has 1 fully saturated rings. The molecule has 0 saturated carbocycles. The maximum absolute atomic E-state index is 13.1. The third-order valence-electron chi connectivity index (χ3n) is 6.40. The molecule has 0 bridgehead atoms. The first-order valence-corrected chi connectivity index (χ1v) is 11.9. The van der Waals surface area contributed by atoms with E-state index in [4.69, 9.17) is 20.8 Å². The first-order valence-electron chi connectivity index (χ1n) is 11.6. The molecule has 2 atom stereocenters. The SMILES string of the molecule is CC(Oc1ccc(-c2c(-c3ccc(Cl)cc3)c(=O)oc3cc(O)ccc23)cc1)C1CCCCN1. The number of phenols is 1. The Labute approximate surface area is 203 Å². The molecular formula is C28H26ClNO4. The van der Waals surface area contributed by atoms with Crippen LogP contribution in [-0.2, 0) is 0 Å². The van der Waals surface area contributed by atoms with Crippen molar-refractivity contribution in [2.24, 2.45) is 0 Å².